The lowest BCUT2D eigenvalue weighted by Gasteiger charge is -2.26. The summed E-state index contributed by atoms with van der Waals surface area (Å²) in [7, 11) is 6.73. The molecular weight excluding hydrogens is 220 g/mol. The third-order valence-corrected chi connectivity index (χ3v) is 2.76. The Kier molecular flexibility index (Phi) is 4.80. The van der Waals surface area contributed by atoms with Crippen molar-refractivity contribution in [1.29, 1.82) is 0 Å². The molecule has 1 heterocycles. The Hall–Kier alpha value is -1.02. The van der Waals surface area contributed by atoms with Crippen LogP contribution in [0.2, 0.25) is 0 Å². The van der Waals surface area contributed by atoms with Crippen molar-refractivity contribution >= 4 is 0 Å². The molecule has 1 aliphatic heterocycles. The van der Waals surface area contributed by atoms with Crippen LogP contribution in [0.15, 0.2) is 36.2 Å². The molecule has 2 heteroatoms. The van der Waals surface area contributed by atoms with Gasteiger partial charge in [0.2, 0.25) is 0 Å². The van der Waals surface area contributed by atoms with E-state index in [9.17, 15) is 0 Å². The average Bonchev–Trinajstić information content (AvgIpc) is 2.16. The molecule has 0 radical (unpaired) electrons. The zero-order valence-corrected chi connectivity index (χ0v) is 12.9. The van der Waals surface area contributed by atoms with Crippen LogP contribution in [-0.2, 0) is 0 Å². The van der Waals surface area contributed by atoms with Gasteiger partial charge in [-0.2, -0.15) is 0 Å². The molecule has 102 valence electrons. The zero-order valence-electron chi connectivity index (χ0n) is 12.9. The summed E-state index contributed by atoms with van der Waals surface area (Å²) in [5.74, 6) is 0. The van der Waals surface area contributed by atoms with E-state index in [1.165, 1.54) is 18.5 Å². The first-order chi connectivity index (χ1) is 8.16. The van der Waals surface area contributed by atoms with Crippen molar-refractivity contribution in [3.05, 3.63) is 36.2 Å². The van der Waals surface area contributed by atoms with Crippen LogP contribution in [0.25, 0.3) is 0 Å². The number of allylic oxidation sites excluding steroid dienone is 4. The maximum Gasteiger partial charge on any atom is 0.0797 e. The molecule has 0 saturated carbocycles. The molecule has 0 aromatic rings. The van der Waals surface area contributed by atoms with Crippen LogP contribution in [0.5, 0.6) is 0 Å². The molecule has 0 saturated heterocycles. The molecule has 1 rings (SSSR count). The standard InChI is InChI=1S/C16H29N2/c1-16(2,3)14-15-8-11-17(12-9-15)10-7-13-18(4,5)6/h8-9,11-12,14H,7,10,13H2,1-6H3/q+1. The molecule has 0 bridgehead atoms. The predicted octanol–water partition coefficient (Wildman–Crippen LogP) is 3.40. The van der Waals surface area contributed by atoms with Crippen LogP contribution in [-0.4, -0.2) is 43.6 Å². The summed E-state index contributed by atoms with van der Waals surface area (Å²) in [6, 6.07) is 0. The molecule has 0 atom stereocenters. The number of hydrogen-bond donors (Lipinski definition) is 0. The topological polar surface area (TPSA) is 3.24 Å². The van der Waals surface area contributed by atoms with Gasteiger partial charge in [-0.1, -0.05) is 26.8 Å². The van der Waals surface area contributed by atoms with E-state index in [2.05, 4.69) is 77.4 Å². The van der Waals surface area contributed by atoms with Crippen molar-refractivity contribution in [1.82, 2.24) is 4.90 Å². The minimum Gasteiger partial charge on any atom is -0.354 e. The fourth-order valence-electron chi connectivity index (χ4n) is 1.94. The first kappa shape index (κ1) is 15.0. The maximum absolute atomic E-state index is 2.31. The second-order valence-electron chi connectivity index (χ2n) is 7.25. The summed E-state index contributed by atoms with van der Waals surface area (Å²) in [5, 5.41) is 0. The Balaban J connectivity index is 2.41. The third-order valence-electron chi connectivity index (χ3n) is 2.76. The molecule has 0 N–H and O–H groups in total. The van der Waals surface area contributed by atoms with Crippen LogP contribution in [0.4, 0.5) is 0 Å². The van der Waals surface area contributed by atoms with Crippen LogP contribution in [0, 0.1) is 5.41 Å². The lowest BCUT2D eigenvalue weighted by Crippen LogP contribution is -2.36. The number of quaternary nitrogens is 1. The van der Waals surface area contributed by atoms with Gasteiger partial charge in [-0.15, -0.1) is 0 Å². The van der Waals surface area contributed by atoms with E-state index in [1.54, 1.807) is 0 Å². The molecule has 1 aliphatic rings. The Morgan fingerprint density at radius 1 is 1.11 bits per heavy atom. The number of rotatable bonds is 4. The first-order valence-corrected chi connectivity index (χ1v) is 6.81. The second kappa shape index (κ2) is 5.75. The maximum atomic E-state index is 2.31. The molecule has 18 heavy (non-hydrogen) atoms. The van der Waals surface area contributed by atoms with E-state index in [-0.39, 0.29) is 5.41 Å². The lowest BCUT2D eigenvalue weighted by atomic mass is 9.93. The minimum absolute atomic E-state index is 0.246. The Morgan fingerprint density at radius 2 is 1.67 bits per heavy atom. The normalized spacial score (nSPS) is 16.3. The van der Waals surface area contributed by atoms with Crippen molar-refractivity contribution in [2.24, 2.45) is 5.41 Å². The van der Waals surface area contributed by atoms with Gasteiger partial charge in [0.15, 0.2) is 0 Å². The van der Waals surface area contributed by atoms with Gasteiger partial charge >= 0.3 is 0 Å². The molecule has 0 aromatic heterocycles. The molecule has 0 amide bonds. The molecular formula is C16H29N2+. The van der Waals surface area contributed by atoms with Gasteiger partial charge in [-0.25, -0.2) is 0 Å². The van der Waals surface area contributed by atoms with Crippen LogP contribution in [0.1, 0.15) is 27.2 Å². The zero-order chi connectivity index (χ0) is 13.8. The molecule has 0 aromatic carbocycles. The predicted molar refractivity (Wildman–Crippen MR) is 80.0 cm³/mol. The molecule has 0 fully saturated rings. The summed E-state index contributed by atoms with van der Waals surface area (Å²) in [6.07, 6.45) is 12.3. The van der Waals surface area contributed by atoms with E-state index in [4.69, 9.17) is 0 Å². The first-order valence-electron chi connectivity index (χ1n) is 6.81. The number of nitrogens with zero attached hydrogens (tertiary/aromatic N) is 2. The highest BCUT2D eigenvalue weighted by molar-refractivity contribution is 5.34. The van der Waals surface area contributed by atoms with E-state index in [1.807, 2.05) is 0 Å². The SMILES string of the molecule is CC(C)(C)C=C1C=CN(CCC[N+](C)(C)C)C=C1. The van der Waals surface area contributed by atoms with Crippen molar-refractivity contribution in [2.45, 2.75) is 27.2 Å². The van der Waals surface area contributed by atoms with Gasteiger partial charge in [0.05, 0.1) is 27.7 Å². The largest absolute Gasteiger partial charge is 0.354 e. The molecule has 2 nitrogen and oxygen atoms in total. The Morgan fingerprint density at radius 3 is 2.11 bits per heavy atom. The van der Waals surface area contributed by atoms with Gasteiger partial charge < -0.3 is 9.38 Å². The molecule has 0 aliphatic carbocycles. The quantitative estimate of drug-likeness (QED) is 0.690. The summed E-state index contributed by atoms with van der Waals surface area (Å²) in [6.45, 7) is 9.01. The monoisotopic (exact) mass is 249 g/mol. The van der Waals surface area contributed by atoms with E-state index >= 15 is 0 Å². The van der Waals surface area contributed by atoms with Crippen molar-refractivity contribution < 1.29 is 4.48 Å². The van der Waals surface area contributed by atoms with Gasteiger partial charge in [0.1, 0.15) is 0 Å². The highest BCUT2D eigenvalue weighted by atomic mass is 15.3. The smallest absolute Gasteiger partial charge is 0.0797 e. The third kappa shape index (κ3) is 6.65. The van der Waals surface area contributed by atoms with Crippen molar-refractivity contribution in [3.8, 4) is 0 Å². The highest BCUT2D eigenvalue weighted by Crippen LogP contribution is 2.20. The molecule has 0 spiro atoms. The highest BCUT2D eigenvalue weighted by Gasteiger charge is 2.09. The van der Waals surface area contributed by atoms with Gasteiger partial charge in [-0.3, -0.25) is 0 Å². The minimum atomic E-state index is 0.246. The van der Waals surface area contributed by atoms with E-state index < -0.39 is 0 Å². The number of hydrogen-bond acceptors (Lipinski definition) is 1. The summed E-state index contributed by atoms with van der Waals surface area (Å²) in [4.78, 5) is 2.27. The summed E-state index contributed by atoms with van der Waals surface area (Å²) >= 11 is 0. The van der Waals surface area contributed by atoms with Gasteiger partial charge in [0, 0.05) is 25.4 Å². The van der Waals surface area contributed by atoms with Gasteiger partial charge in [0.25, 0.3) is 0 Å². The van der Waals surface area contributed by atoms with E-state index in [0.29, 0.717) is 0 Å². The van der Waals surface area contributed by atoms with Crippen LogP contribution in [0.3, 0.4) is 0 Å². The van der Waals surface area contributed by atoms with Crippen LogP contribution < -0.4 is 0 Å². The average molecular weight is 249 g/mol. The van der Waals surface area contributed by atoms with Crippen molar-refractivity contribution in [2.75, 3.05) is 34.2 Å². The Bertz CT molecular complexity index is 332. The molecule has 0 unspecified atom stereocenters. The fourth-order valence-corrected chi connectivity index (χ4v) is 1.94. The Labute approximate surface area is 113 Å². The van der Waals surface area contributed by atoms with Crippen LogP contribution >= 0.6 is 0 Å². The van der Waals surface area contributed by atoms with Gasteiger partial charge in [-0.05, 0) is 23.1 Å². The second-order valence-corrected chi connectivity index (χ2v) is 7.25. The summed E-state index contributed by atoms with van der Waals surface area (Å²) < 4.78 is 1.04. The van der Waals surface area contributed by atoms with Crippen molar-refractivity contribution in [3.63, 3.8) is 0 Å². The van der Waals surface area contributed by atoms with E-state index in [0.717, 1.165) is 11.0 Å². The lowest BCUT2D eigenvalue weighted by molar-refractivity contribution is -0.870. The fraction of sp³-hybridized carbons (Fsp3) is 0.625. The summed E-state index contributed by atoms with van der Waals surface area (Å²) in [5.41, 5.74) is 1.56.